The van der Waals surface area contributed by atoms with Gasteiger partial charge in [0.05, 0.1) is 7.05 Å². The largest absolute Gasteiger partial charge is 0.347 e. The first kappa shape index (κ1) is 14.3. The molecule has 1 fully saturated rings. The van der Waals surface area contributed by atoms with Crippen LogP contribution in [0.5, 0.6) is 0 Å². The molecule has 0 bridgehead atoms. The molecule has 0 unspecified atom stereocenters. The van der Waals surface area contributed by atoms with E-state index in [1.807, 2.05) is 24.3 Å². The number of piperazine rings is 1. The summed E-state index contributed by atoms with van der Waals surface area (Å²) in [5.41, 5.74) is 1.04. The van der Waals surface area contributed by atoms with Gasteiger partial charge in [-0.15, -0.1) is 0 Å². The number of carbonyl (C=O) groups excluding carboxylic acids is 1. The predicted octanol–water partition coefficient (Wildman–Crippen LogP) is -1.63. The third-order valence-electron chi connectivity index (χ3n) is 3.60. The zero-order valence-corrected chi connectivity index (χ0v) is 12.1. The number of hydrogen-bond acceptors (Lipinski definition) is 1. The van der Waals surface area contributed by atoms with Gasteiger partial charge < -0.3 is 15.1 Å². The van der Waals surface area contributed by atoms with Gasteiger partial charge in [0.25, 0.3) is 5.91 Å². The number of quaternary nitrogens is 2. The van der Waals surface area contributed by atoms with E-state index in [0.29, 0.717) is 18.1 Å². The minimum absolute atomic E-state index is 0.120. The number of rotatable bonds is 4. The Hall–Kier alpha value is -1.10. The summed E-state index contributed by atoms with van der Waals surface area (Å²) in [6.07, 6.45) is 0. The quantitative estimate of drug-likeness (QED) is 0.610. The lowest BCUT2D eigenvalue weighted by molar-refractivity contribution is -1.000. The highest BCUT2D eigenvalue weighted by Crippen LogP contribution is 2.09. The Morgan fingerprint density at radius 2 is 2.05 bits per heavy atom. The van der Waals surface area contributed by atoms with Crippen LogP contribution in [0, 0.1) is 0 Å². The van der Waals surface area contributed by atoms with Crippen LogP contribution in [0.4, 0.5) is 0 Å². The van der Waals surface area contributed by atoms with Crippen molar-refractivity contribution >= 4 is 17.5 Å². The maximum absolute atomic E-state index is 11.9. The number of nitrogens with one attached hydrogen (secondary N) is 3. The Morgan fingerprint density at radius 1 is 1.32 bits per heavy atom. The van der Waals surface area contributed by atoms with Crippen LogP contribution in [-0.4, -0.2) is 45.7 Å². The van der Waals surface area contributed by atoms with Gasteiger partial charge in [-0.05, 0) is 17.7 Å². The molecule has 1 heterocycles. The molecule has 4 nitrogen and oxygen atoms in total. The zero-order chi connectivity index (χ0) is 13.7. The van der Waals surface area contributed by atoms with E-state index >= 15 is 0 Å². The van der Waals surface area contributed by atoms with Gasteiger partial charge in [-0.1, -0.05) is 23.7 Å². The van der Waals surface area contributed by atoms with Crippen molar-refractivity contribution in [3.63, 3.8) is 0 Å². The summed E-state index contributed by atoms with van der Waals surface area (Å²) in [7, 11) is 2.20. The van der Waals surface area contributed by atoms with Crippen molar-refractivity contribution in [2.45, 2.75) is 6.54 Å². The first-order chi connectivity index (χ1) is 9.13. The average molecular weight is 284 g/mol. The van der Waals surface area contributed by atoms with Gasteiger partial charge in [0.1, 0.15) is 26.2 Å². The smallest absolute Gasteiger partial charge is 0.275 e. The number of amides is 1. The van der Waals surface area contributed by atoms with Gasteiger partial charge >= 0.3 is 0 Å². The van der Waals surface area contributed by atoms with Gasteiger partial charge in [0.2, 0.25) is 0 Å². The maximum Gasteiger partial charge on any atom is 0.275 e. The molecule has 0 saturated carbocycles. The highest BCUT2D eigenvalue weighted by atomic mass is 35.5. The van der Waals surface area contributed by atoms with Gasteiger partial charge in [-0.2, -0.15) is 0 Å². The number of benzene rings is 1. The van der Waals surface area contributed by atoms with Gasteiger partial charge in [-0.25, -0.2) is 0 Å². The molecule has 0 aromatic heterocycles. The van der Waals surface area contributed by atoms with Crippen molar-refractivity contribution < 1.29 is 14.6 Å². The normalized spacial score (nSPS) is 23.1. The average Bonchev–Trinajstić information content (AvgIpc) is 2.39. The van der Waals surface area contributed by atoms with E-state index in [4.69, 9.17) is 11.6 Å². The molecule has 3 N–H and O–H groups in total. The van der Waals surface area contributed by atoms with Crippen LogP contribution in [0.2, 0.25) is 5.02 Å². The van der Waals surface area contributed by atoms with Gasteiger partial charge in [0, 0.05) is 11.6 Å². The molecule has 104 valence electrons. The van der Waals surface area contributed by atoms with E-state index in [1.54, 1.807) is 4.90 Å². The Labute approximate surface area is 119 Å². The van der Waals surface area contributed by atoms with Crippen LogP contribution >= 0.6 is 11.6 Å². The van der Waals surface area contributed by atoms with Crippen LogP contribution in [0.15, 0.2) is 24.3 Å². The molecule has 0 aliphatic carbocycles. The monoisotopic (exact) mass is 283 g/mol. The van der Waals surface area contributed by atoms with Crippen molar-refractivity contribution in [2.75, 3.05) is 39.8 Å². The van der Waals surface area contributed by atoms with Gasteiger partial charge in [0.15, 0.2) is 6.54 Å². The summed E-state index contributed by atoms with van der Waals surface area (Å²) in [6, 6.07) is 7.59. The minimum atomic E-state index is 0.120. The first-order valence-electron chi connectivity index (χ1n) is 6.79. The maximum atomic E-state index is 11.9. The van der Waals surface area contributed by atoms with Crippen LogP contribution in [-0.2, 0) is 11.3 Å². The fourth-order valence-electron chi connectivity index (χ4n) is 2.34. The second-order valence-electron chi connectivity index (χ2n) is 5.29. The van der Waals surface area contributed by atoms with E-state index in [-0.39, 0.29) is 5.91 Å². The second kappa shape index (κ2) is 6.89. The molecule has 2 rings (SSSR count). The van der Waals surface area contributed by atoms with E-state index in [1.165, 1.54) is 4.90 Å². The van der Waals surface area contributed by atoms with Crippen molar-refractivity contribution in [2.24, 2.45) is 0 Å². The number of likely N-dealkylation sites (N-methyl/N-ethyl adjacent to an activating group) is 1. The molecule has 0 spiro atoms. The third kappa shape index (κ3) is 4.82. The number of carbonyl (C=O) groups is 1. The molecule has 1 saturated heterocycles. The van der Waals surface area contributed by atoms with Gasteiger partial charge in [-0.3, -0.25) is 4.79 Å². The molecular formula is C14H22ClN3O+2. The summed E-state index contributed by atoms with van der Waals surface area (Å²) < 4.78 is 0. The van der Waals surface area contributed by atoms with Crippen molar-refractivity contribution in [3.8, 4) is 0 Å². The number of hydrogen-bond donors (Lipinski definition) is 3. The molecule has 19 heavy (non-hydrogen) atoms. The first-order valence-corrected chi connectivity index (χ1v) is 7.17. The summed E-state index contributed by atoms with van der Waals surface area (Å²) in [6.45, 7) is 5.59. The van der Waals surface area contributed by atoms with E-state index in [9.17, 15) is 4.79 Å². The van der Waals surface area contributed by atoms with Crippen molar-refractivity contribution in [1.82, 2.24) is 5.32 Å². The third-order valence-corrected chi connectivity index (χ3v) is 3.84. The minimum Gasteiger partial charge on any atom is -0.347 e. The molecule has 1 aromatic carbocycles. The molecule has 5 heteroatoms. The summed E-state index contributed by atoms with van der Waals surface area (Å²) in [4.78, 5) is 14.8. The van der Waals surface area contributed by atoms with E-state index in [2.05, 4.69) is 12.4 Å². The highest BCUT2D eigenvalue weighted by Gasteiger charge is 2.21. The van der Waals surface area contributed by atoms with Crippen molar-refractivity contribution in [3.05, 3.63) is 34.9 Å². The lowest BCUT2D eigenvalue weighted by Gasteiger charge is -2.26. The molecule has 0 atom stereocenters. The Kier molecular flexibility index (Phi) is 5.19. The lowest BCUT2D eigenvalue weighted by atomic mass is 10.2. The van der Waals surface area contributed by atoms with Crippen LogP contribution in [0.1, 0.15) is 5.56 Å². The summed E-state index contributed by atoms with van der Waals surface area (Å²) in [5, 5.41) is 3.67. The Balaban J connectivity index is 1.73. The fraction of sp³-hybridized carbons (Fsp3) is 0.500. The Morgan fingerprint density at radius 3 is 2.74 bits per heavy atom. The molecule has 1 aromatic rings. The SMILES string of the molecule is C[NH+]1CC[NH+](CC(=O)NCc2cccc(Cl)c2)CC1. The predicted molar refractivity (Wildman–Crippen MR) is 75.5 cm³/mol. The van der Waals surface area contributed by atoms with Crippen LogP contribution in [0.3, 0.4) is 0 Å². The molecular weight excluding hydrogens is 262 g/mol. The van der Waals surface area contributed by atoms with E-state index in [0.717, 1.165) is 31.7 Å². The van der Waals surface area contributed by atoms with Crippen LogP contribution < -0.4 is 15.1 Å². The molecule has 1 aliphatic heterocycles. The number of halogens is 1. The highest BCUT2D eigenvalue weighted by molar-refractivity contribution is 6.30. The molecule has 0 radical (unpaired) electrons. The fourth-order valence-corrected chi connectivity index (χ4v) is 2.56. The zero-order valence-electron chi connectivity index (χ0n) is 11.3. The van der Waals surface area contributed by atoms with E-state index < -0.39 is 0 Å². The van der Waals surface area contributed by atoms with Crippen molar-refractivity contribution in [1.29, 1.82) is 0 Å². The topological polar surface area (TPSA) is 38.0 Å². The lowest BCUT2D eigenvalue weighted by Crippen LogP contribution is -3.27. The van der Waals surface area contributed by atoms with Crippen LogP contribution in [0.25, 0.3) is 0 Å². The molecule has 1 amide bonds. The summed E-state index contributed by atoms with van der Waals surface area (Å²) in [5.74, 6) is 0.120. The second-order valence-corrected chi connectivity index (χ2v) is 5.73. The standard InChI is InChI=1S/C14H20ClN3O/c1-17-5-7-18(8-6-17)11-14(19)16-10-12-3-2-4-13(15)9-12/h2-4,9H,5-8,10-11H2,1H3,(H,16,19)/p+2. The Bertz CT molecular complexity index is 430. The molecule has 1 aliphatic rings. The summed E-state index contributed by atoms with van der Waals surface area (Å²) >= 11 is 5.91.